The monoisotopic (exact) mass is 309 g/mol. The van der Waals surface area contributed by atoms with E-state index in [1.807, 2.05) is 0 Å². The Labute approximate surface area is 128 Å². The third kappa shape index (κ3) is 4.09. The largest absolute Gasteiger partial charge is 0.444 e. The van der Waals surface area contributed by atoms with Crippen LogP contribution < -0.4 is 10.6 Å². The number of nitrogens with one attached hydrogen (secondary N) is 2. The van der Waals surface area contributed by atoms with Crippen molar-refractivity contribution >= 4 is 22.7 Å². The van der Waals surface area contributed by atoms with Gasteiger partial charge in [0.25, 0.3) is 0 Å². The Bertz CT molecular complexity index is 676. The van der Waals surface area contributed by atoms with E-state index in [4.69, 9.17) is 9.26 Å². The van der Waals surface area contributed by atoms with Crippen molar-refractivity contribution in [1.29, 1.82) is 0 Å². The fourth-order valence-electron chi connectivity index (χ4n) is 1.89. The smallest absolute Gasteiger partial charge is 0.407 e. The fourth-order valence-corrected chi connectivity index (χ4v) is 1.89. The molecule has 0 aliphatic rings. The molecule has 7 heteroatoms. The van der Waals surface area contributed by atoms with E-state index >= 15 is 0 Å². The number of alkyl carbamates (subject to hydrolysis) is 1. The molecule has 120 valence electrons. The molecule has 0 radical (unpaired) electrons. The Hall–Kier alpha value is -2.31. The number of aromatic nitrogens is 1. The van der Waals surface area contributed by atoms with Crippen LogP contribution in [0.4, 0.5) is 14.9 Å². The summed E-state index contributed by atoms with van der Waals surface area (Å²) in [5.41, 5.74) is 0.905. The van der Waals surface area contributed by atoms with Crippen LogP contribution in [0.3, 0.4) is 0 Å². The standard InChI is InChI=1S/C15H20FN3O3/c1-9-10-7-12(11(16)8-13(10)22-19-9)17-5-6-18-14(20)21-15(2,3)4/h7-8,17H,5-6H2,1-4H3,(H,18,20). The molecular formula is C15H20FN3O3. The summed E-state index contributed by atoms with van der Waals surface area (Å²) in [6.45, 7) is 7.84. The first-order valence-corrected chi connectivity index (χ1v) is 7.02. The summed E-state index contributed by atoms with van der Waals surface area (Å²) >= 11 is 0. The van der Waals surface area contributed by atoms with Crippen molar-refractivity contribution in [2.75, 3.05) is 18.4 Å². The molecule has 2 N–H and O–H groups in total. The van der Waals surface area contributed by atoms with Gasteiger partial charge in [0, 0.05) is 24.5 Å². The van der Waals surface area contributed by atoms with Crippen LogP contribution in [-0.2, 0) is 4.74 Å². The molecule has 2 aromatic rings. The number of hydrogen-bond donors (Lipinski definition) is 2. The predicted octanol–water partition coefficient (Wildman–Crippen LogP) is 3.21. The SMILES string of the molecule is Cc1noc2cc(F)c(NCCNC(=O)OC(C)(C)C)cc12. The molecule has 0 spiro atoms. The number of hydrogen-bond acceptors (Lipinski definition) is 5. The van der Waals surface area contributed by atoms with Gasteiger partial charge in [0.2, 0.25) is 0 Å². The number of ether oxygens (including phenoxy) is 1. The van der Waals surface area contributed by atoms with Crippen LogP contribution in [0.25, 0.3) is 11.0 Å². The number of amides is 1. The lowest BCUT2D eigenvalue weighted by atomic mass is 10.2. The van der Waals surface area contributed by atoms with Crippen molar-refractivity contribution in [2.24, 2.45) is 0 Å². The molecule has 1 amide bonds. The molecule has 0 saturated carbocycles. The lowest BCUT2D eigenvalue weighted by Gasteiger charge is -2.19. The Morgan fingerprint density at radius 1 is 1.36 bits per heavy atom. The van der Waals surface area contributed by atoms with Crippen LogP contribution in [0.1, 0.15) is 26.5 Å². The summed E-state index contributed by atoms with van der Waals surface area (Å²) in [6, 6.07) is 2.93. The zero-order chi connectivity index (χ0) is 16.3. The van der Waals surface area contributed by atoms with E-state index < -0.39 is 17.5 Å². The van der Waals surface area contributed by atoms with Gasteiger partial charge < -0.3 is 19.9 Å². The molecule has 1 aromatic heterocycles. The first kappa shape index (κ1) is 16.1. The van der Waals surface area contributed by atoms with E-state index in [1.54, 1.807) is 33.8 Å². The number of benzene rings is 1. The van der Waals surface area contributed by atoms with Gasteiger partial charge in [0.15, 0.2) is 5.58 Å². The first-order valence-electron chi connectivity index (χ1n) is 7.02. The Kier molecular flexibility index (Phi) is 4.54. The Morgan fingerprint density at radius 3 is 2.77 bits per heavy atom. The molecule has 1 aromatic carbocycles. The van der Waals surface area contributed by atoms with Crippen LogP contribution in [0.2, 0.25) is 0 Å². The van der Waals surface area contributed by atoms with Crippen molar-refractivity contribution in [3.63, 3.8) is 0 Å². The van der Waals surface area contributed by atoms with Crippen LogP contribution in [0.15, 0.2) is 16.7 Å². The zero-order valence-electron chi connectivity index (χ0n) is 13.1. The lowest BCUT2D eigenvalue weighted by Crippen LogP contribution is -2.35. The average molecular weight is 309 g/mol. The molecule has 0 unspecified atom stereocenters. The quantitative estimate of drug-likeness (QED) is 0.848. The number of carbonyl (C=O) groups is 1. The van der Waals surface area contributed by atoms with Gasteiger partial charge in [-0.3, -0.25) is 0 Å². The summed E-state index contributed by atoms with van der Waals surface area (Å²) in [5.74, 6) is -0.430. The maximum Gasteiger partial charge on any atom is 0.407 e. The Morgan fingerprint density at radius 2 is 2.09 bits per heavy atom. The van der Waals surface area contributed by atoms with E-state index in [2.05, 4.69) is 15.8 Å². The Balaban J connectivity index is 1.88. The van der Waals surface area contributed by atoms with Gasteiger partial charge >= 0.3 is 6.09 Å². The summed E-state index contributed by atoms with van der Waals surface area (Å²) in [7, 11) is 0. The number of nitrogens with zero attached hydrogens (tertiary/aromatic N) is 1. The van der Waals surface area contributed by atoms with Gasteiger partial charge in [-0.15, -0.1) is 0 Å². The first-order chi connectivity index (χ1) is 10.3. The third-order valence-corrected chi connectivity index (χ3v) is 2.85. The fraction of sp³-hybridized carbons (Fsp3) is 0.467. The zero-order valence-corrected chi connectivity index (χ0v) is 13.1. The molecule has 0 aliphatic carbocycles. The highest BCUT2D eigenvalue weighted by molar-refractivity contribution is 5.83. The van der Waals surface area contributed by atoms with Crippen molar-refractivity contribution in [2.45, 2.75) is 33.3 Å². The molecule has 0 saturated heterocycles. The number of carbonyl (C=O) groups excluding carboxylic acids is 1. The average Bonchev–Trinajstić information content (AvgIpc) is 2.73. The summed E-state index contributed by atoms with van der Waals surface area (Å²) in [6.07, 6.45) is -0.500. The minimum atomic E-state index is -0.541. The van der Waals surface area contributed by atoms with E-state index in [9.17, 15) is 9.18 Å². The third-order valence-electron chi connectivity index (χ3n) is 2.85. The molecular weight excluding hydrogens is 289 g/mol. The number of fused-ring (bicyclic) bond motifs is 1. The highest BCUT2D eigenvalue weighted by Gasteiger charge is 2.15. The van der Waals surface area contributed by atoms with E-state index in [0.29, 0.717) is 30.1 Å². The predicted molar refractivity (Wildman–Crippen MR) is 81.4 cm³/mol. The van der Waals surface area contributed by atoms with Crippen molar-refractivity contribution < 1.29 is 18.4 Å². The van der Waals surface area contributed by atoms with Gasteiger partial charge in [-0.1, -0.05) is 5.16 Å². The maximum absolute atomic E-state index is 13.9. The van der Waals surface area contributed by atoms with Crippen molar-refractivity contribution in [1.82, 2.24) is 10.5 Å². The summed E-state index contributed by atoms with van der Waals surface area (Å²) in [4.78, 5) is 11.5. The molecule has 6 nitrogen and oxygen atoms in total. The van der Waals surface area contributed by atoms with Crippen molar-refractivity contribution in [3.05, 3.63) is 23.6 Å². The number of aryl methyl sites for hydroxylation is 1. The van der Waals surface area contributed by atoms with Gasteiger partial charge in [0.05, 0.1) is 11.4 Å². The van der Waals surface area contributed by atoms with Gasteiger partial charge in [-0.2, -0.15) is 0 Å². The number of halogens is 1. The number of rotatable bonds is 4. The van der Waals surface area contributed by atoms with Crippen molar-refractivity contribution in [3.8, 4) is 0 Å². The van der Waals surface area contributed by atoms with Crippen LogP contribution in [0, 0.1) is 12.7 Å². The highest BCUT2D eigenvalue weighted by Crippen LogP contribution is 2.25. The molecule has 2 rings (SSSR count). The van der Waals surface area contributed by atoms with E-state index in [-0.39, 0.29) is 0 Å². The van der Waals surface area contributed by atoms with E-state index in [1.165, 1.54) is 6.07 Å². The van der Waals surface area contributed by atoms with E-state index in [0.717, 1.165) is 5.39 Å². The number of anilines is 1. The minimum absolute atomic E-state index is 0.314. The van der Waals surface area contributed by atoms with Gasteiger partial charge in [0.1, 0.15) is 11.4 Å². The van der Waals surface area contributed by atoms with Crippen LogP contribution >= 0.6 is 0 Å². The second kappa shape index (κ2) is 6.21. The molecule has 1 heterocycles. The lowest BCUT2D eigenvalue weighted by molar-refractivity contribution is 0.0530. The molecule has 22 heavy (non-hydrogen) atoms. The van der Waals surface area contributed by atoms with Gasteiger partial charge in [-0.25, -0.2) is 9.18 Å². The molecule has 0 fully saturated rings. The summed E-state index contributed by atoms with van der Waals surface area (Å²) in [5, 5.41) is 10.1. The second-order valence-electron chi connectivity index (χ2n) is 5.95. The maximum atomic E-state index is 13.9. The van der Waals surface area contributed by atoms with Crippen LogP contribution in [0.5, 0.6) is 0 Å². The molecule has 0 bridgehead atoms. The molecule has 0 aliphatic heterocycles. The second-order valence-corrected chi connectivity index (χ2v) is 5.95. The van der Waals surface area contributed by atoms with Gasteiger partial charge in [-0.05, 0) is 33.8 Å². The summed E-state index contributed by atoms with van der Waals surface area (Å²) < 4.78 is 24.0. The highest BCUT2D eigenvalue weighted by atomic mass is 19.1. The topological polar surface area (TPSA) is 76.4 Å². The van der Waals surface area contributed by atoms with Crippen LogP contribution in [-0.4, -0.2) is 29.9 Å². The normalized spacial score (nSPS) is 11.5. The minimum Gasteiger partial charge on any atom is -0.444 e. The molecule has 0 atom stereocenters.